The van der Waals surface area contributed by atoms with Crippen molar-refractivity contribution in [2.45, 2.75) is 18.2 Å². The van der Waals surface area contributed by atoms with Crippen LogP contribution in [0.3, 0.4) is 0 Å². The largest absolute Gasteiger partial charge is 0.326 e. The van der Waals surface area contributed by atoms with E-state index in [1.807, 2.05) is 49.6 Å². The van der Waals surface area contributed by atoms with E-state index in [4.69, 9.17) is 0 Å². The molecule has 0 spiro atoms. The molecular weight excluding hydrogens is 230 g/mol. The van der Waals surface area contributed by atoms with Gasteiger partial charge in [0.25, 0.3) is 5.56 Å². The van der Waals surface area contributed by atoms with Crippen LogP contribution in [0.15, 0.2) is 46.1 Å². The quantitative estimate of drug-likeness (QED) is 0.843. The average molecular weight is 245 g/mol. The van der Waals surface area contributed by atoms with Gasteiger partial charge in [-0.3, -0.25) is 4.79 Å². The summed E-state index contributed by atoms with van der Waals surface area (Å²) in [4.78, 5) is 15.9. The molecule has 0 amide bonds. The molecule has 1 N–H and O–H groups in total. The van der Waals surface area contributed by atoms with Crippen molar-refractivity contribution in [3.05, 3.63) is 63.6 Å². The summed E-state index contributed by atoms with van der Waals surface area (Å²) in [5.41, 5.74) is 2.96. The van der Waals surface area contributed by atoms with E-state index in [-0.39, 0.29) is 5.56 Å². The van der Waals surface area contributed by atoms with Crippen molar-refractivity contribution in [2.24, 2.45) is 0 Å². The summed E-state index contributed by atoms with van der Waals surface area (Å²) in [5.74, 6) is 0. The van der Waals surface area contributed by atoms with Crippen LogP contribution in [-0.4, -0.2) is 11.2 Å². The van der Waals surface area contributed by atoms with E-state index in [1.165, 1.54) is 0 Å². The number of pyridine rings is 1. The fourth-order valence-electron chi connectivity index (χ4n) is 1.84. The Bertz CT molecular complexity index is 560. The Morgan fingerprint density at radius 1 is 1.24 bits per heavy atom. The molecule has 1 heterocycles. The van der Waals surface area contributed by atoms with Crippen molar-refractivity contribution in [1.82, 2.24) is 4.98 Å². The maximum atomic E-state index is 12.0. The number of thioether (sulfide) groups is 1. The van der Waals surface area contributed by atoms with E-state index in [2.05, 4.69) is 4.98 Å². The zero-order chi connectivity index (χ0) is 12.3. The van der Waals surface area contributed by atoms with Gasteiger partial charge in [-0.25, -0.2) is 0 Å². The molecule has 0 aliphatic heterocycles. The van der Waals surface area contributed by atoms with E-state index in [9.17, 15) is 4.79 Å². The van der Waals surface area contributed by atoms with Crippen LogP contribution >= 0.6 is 11.8 Å². The van der Waals surface area contributed by atoms with Gasteiger partial charge in [0.2, 0.25) is 0 Å². The highest BCUT2D eigenvalue weighted by Crippen LogP contribution is 2.20. The van der Waals surface area contributed by atoms with Crippen molar-refractivity contribution in [2.75, 3.05) is 6.26 Å². The van der Waals surface area contributed by atoms with Crippen LogP contribution in [0.4, 0.5) is 0 Å². The Hall–Kier alpha value is -1.48. The van der Waals surface area contributed by atoms with Gasteiger partial charge >= 0.3 is 0 Å². The van der Waals surface area contributed by atoms with Crippen molar-refractivity contribution in [3.63, 3.8) is 0 Å². The standard InChI is InChI=1S/C14H15NOS/c1-10-8-13(17-2)12(14(16)15-10)9-11-6-4-3-5-7-11/h3-8H,9H2,1-2H3,(H,15,16). The second-order valence-corrected chi connectivity index (χ2v) is 4.84. The summed E-state index contributed by atoms with van der Waals surface area (Å²) in [7, 11) is 0. The molecule has 1 aromatic carbocycles. The summed E-state index contributed by atoms with van der Waals surface area (Å²) in [5, 5.41) is 0. The molecule has 3 heteroatoms. The van der Waals surface area contributed by atoms with Crippen LogP contribution in [0, 0.1) is 6.92 Å². The Kier molecular flexibility index (Phi) is 3.69. The van der Waals surface area contributed by atoms with E-state index >= 15 is 0 Å². The summed E-state index contributed by atoms with van der Waals surface area (Å²) in [6.07, 6.45) is 2.69. The molecule has 0 fully saturated rings. The summed E-state index contributed by atoms with van der Waals surface area (Å²) < 4.78 is 0. The van der Waals surface area contributed by atoms with Crippen LogP contribution in [0.2, 0.25) is 0 Å². The number of nitrogens with one attached hydrogen (secondary N) is 1. The minimum Gasteiger partial charge on any atom is -0.326 e. The Morgan fingerprint density at radius 2 is 1.94 bits per heavy atom. The van der Waals surface area contributed by atoms with Gasteiger partial charge in [0.15, 0.2) is 0 Å². The van der Waals surface area contributed by atoms with Crippen molar-refractivity contribution < 1.29 is 0 Å². The predicted molar refractivity (Wildman–Crippen MR) is 72.8 cm³/mol. The first-order chi connectivity index (χ1) is 8.20. The highest BCUT2D eigenvalue weighted by atomic mass is 32.2. The number of hydrogen-bond donors (Lipinski definition) is 1. The minimum absolute atomic E-state index is 0.0261. The molecule has 0 saturated heterocycles. The lowest BCUT2D eigenvalue weighted by atomic mass is 10.1. The molecular formula is C14H15NOS. The first-order valence-electron chi connectivity index (χ1n) is 5.51. The van der Waals surface area contributed by atoms with Crippen molar-refractivity contribution in [3.8, 4) is 0 Å². The van der Waals surface area contributed by atoms with Crippen LogP contribution in [0.1, 0.15) is 16.8 Å². The van der Waals surface area contributed by atoms with Crippen LogP contribution in [0.25, 0.3) is 0 Å². The molecule has 0 aliphatic rings. The predicted octanol–water partition coefficient (Wildman–Crippen LogP) is 3.00. The first-order valence-corrected chi connectivity index (χ1v) is 6.74. The van der Waals surface area contributed by atoms with Gasteiger partial charge in [-0.15, -0.1) is 11.8 Å². The Balaban J connectivity index is 2.42. The number of H-pyrrole nitrogens is 1. The number of aromatic nitrogens is 1. The fourth-order valence-corrected chi connectivity index (χ4v) is 2.54. The van der Waals surface area contributed by atoms with Crippen molar-refractivity contribution >= 4 is 11.8 Å². The smallest absolute Gasteiger partial charge is 0.252 e. The lowest BCUT2D eigenvalue weighted by molar-refractivity contribution is 1.00. The number of rotatable bonds is 3. The lowest BCUT2D eigenvalue weighted by Crippen LogP contribution is -2.15. The minimum atomic E-state index is 0.0261. The third-order valence-electron chi connectivity index (χ3n) is 2.67. The van der Waals surface area contributed by atoms with E-state index < -0.39 is 0 Å². The van der Waals surface area contributed by atoms with Gasteiger partial charge in [-0.2, -0.15) is 0 Å². The molecule has 0 aliphatic carbocycles. The normalized spacial score (nSPS) is 10.5. The number of aryl methyl sites for hydroxylation is 1. The zero-order valence-electron chi connectivity index (χ0n) is 9.99. The Labute approximate surface area is 105 Å². The lowest BCUT2D eigenvalue weighted by Gasteiger charge is -2.07. The monoisotopic (exact) mass is 245 g/mol. The molecule has 0 bridgehead atoms. The highest BCUT2D eigenvalue weighted by Gasteiger charge is 2.08. The summed E-state index contributed by atoms with van der Waals surface area (Å²) in [6, 6.07) is 12.1. The van der Waals surface area contributed by atoms with Gasteiger partial charge in [-0.1, -0.05) is 30.3 Å². The molecule has 88 valence electrons. The number of benzene rings is 1. The molecule has 0 radical (unpaired) electrons. The van der Waals surface area contributed by atoms with Crippen molar-refractivity contribution in [1.29, 1.82) is 0 Å². The maximum absolute atomic E-state index is 12.0. The molecule has 17 heavy (non-hydrogen) atoms. The SMILES string of the molecule is CSc1cc(C)[nH]c(=O)c1Cc1ccccc1. The van der Waals surface area contributed by atoms with Gasteiger partial charge in [0.1, 0.15) is 0 Å². The van der Waals surface area contributed by atoms with E-state index in [0.717, 1.165) is 21.7 Å². The first kappa shape index (κ1) is 12.0. The Morgan fingerprint density at radius 3 is 2.59 bits per heavy atom. The van der Waals surface area contributed by atoms with E-state index in [0.29, 0.717) is 6.42 Å². The molecule has 1 aromatic heterocycles. The average Bonchev–Trinajstić information content (AvgIpc) is 2.33. The third-order valence-corrected chi connectivity index (χ3v) is 3.48. The second kappa shape index (κ2) is 5.23. The topological polar surface area (TPSA) is 32.9 Å². The van der Waals surface area contributed by atoms with Crippen LogP contribution < -0.4 is 5.56 Å². The van der Waals surface area contributed by atoms with Gasteiger partial charge in [0, 0.05) is 22.6 Å². The molecule has 2 aromatic rings. The van der Waals surface area contributed by atoms with E-state index in [1.54, 1.807) is 11.8 Å². The molecule has 2 nitrogen and oxygen atoms in total. The summed E-state index contributed by atoms with van der Waals surface area (Å²) in [6.45, 7) is 1.91. The zero-order valence-corrected chi connectivity index (χ0v) is 10.8. The summed E-state index contributed by atoms with van der Waals surface area (Å²) >= 11 is 1.62. The third kappa shape index (κ3) is 2.80. The van der Waals surface area contributed by atoms with Crippen LogP contribution in [0.5, 0.6) is 0 Å². The maximum Gasteiger partial charge on any atom is 0.252 e. The fraction of sp³-hybridized carbons (Fsp3) is 0.214. The molecule has 0 unspecified atom stereocenters. The molecule has 2 rings (SSSR count). The van der Waals surface area contributed by atoms with Gasteiger partial charge in [-0.05, 0) is 24.8 Å². The van der Waals surface area contributed by atoms with Gasteiger partial charge in [0.05, 0.1) is 0 Å². The number of aromatic amines is 1. The molecule has 0 atom stereocenters. The molecule has 0 saturated carbocycles. The van der Waals surface area contributed by atoms with Gasteiger partial charge < -0.3 is 4.98 Å². The van der Waals surface area contributed by atoms with Crippen LogP contribution in [-0.2, 0) is 6.42 Å². The second-order valence-electron chi connectivity index (χ2n) is 3.99. The number of hydrogen-bond acceptors (Lipinski definition) is 2. The highest BCUT2D eigenvalue weighted by molar-refractivity contribution is 7.98.